The maximum Gasteiger partial charge on any atom is 0.323 e. The molecule has 0 aliphatic carbocycles. The Morgan fingerprint density at radius 3 is 2.68 bits per heavy atom. The van der Waals surface area contributed by atoms with Crippen LogP contribution in [0.2, 0.25) is 0 Å². The lowest BCUT2D eigenvalue weighted by Crippen LogP contribution is -2.08. The summed E-state index contributed by atoms with van der Waals surface area (Å²) in [6.45, 7) is 7.27. The second kappa shape index (κ2) is 7.47. The quantitative estimate of drug-likeness (QED) is 0.391. The maximum atomic E-state index is 11.5. The summed E-state index contributed by atoms with van der Waals surface area (Å²) in [5, 5.41) is 38.2. The van der Waals surface area contributed by atoms with Crippen LogP contribution in [0.15, 0.2) is 23.3 Å². The van der Waals surface area contributed by atoms with Crippen molar-refractivity contribution in [1.29, 1.82) is 0 Å². The fraction of sp³-hybridized carbons (Fsp3) is 0.294. The molecule has 0 amide bonds. The van der Waals surface area contributed by atoms with Crippen molar-refractivity contribution in [2.24, 2.45) is 5.10 Å². The predicted molar refractivity (Wildman–Crippen MR) is 100 cm³/mol. The number of aromatic hydroxyl groups is 1. The third-order valence-corrected chi connectivity index (χ3v) is 3.90. The van der Waals surface area contributed by atoms with E-state index in [9.17, 15) is 15.2 Å². The first-order valence-corrected chi connectivity index (χ1v) is 8.46. The number of nitrogens with zero attached hydrogens (tertiary/aromatic N) is 7. The van der Waals surface area contributed by atoms with Gasteiger partial charge in [0, 0.05) is 5.69 Å². The minimum atomic E-state index is -0.618. The molecule has 0 saturated heterocycles. The molecule has 0 unspecified atom stereocenters. The molecule has 0 bridgehead atoms. The molecule has 0 spiro atoms. The van der Waals surface area contributed by atoms with Crippen molar-refractivity contribution in [2.75, 3.05) is 6.61 Å². The number of phenols is 1. The largest absolute Gasteiger partial charge is 0.504 e. The summed E-state index contributed by atoms with van der Waals surface area (Å²) in [6, 6.07) is 4.60. The zero-order chi connectivity index (χ0) is 20.4. The molecule has 0 saturated carbocycles. The highest BCUT2D eigenvalue weighted by Gasteiger charge is 2.24. The number of hydrogen-bond donors (Lipinski definition) is 1. The van der Waals surface area contributed by atoms with Gasteiger partial charge in [-0.2, -0.15) is 14.9 Å². The van der Waals surface area contributed by atoms with E-state index in [1.807, 2.05) is 19.9 Å². The van der Waals surface area contributed by atoms with E-state index in [4.69, 9.17) is 4.74 Å². The second-order valence-corrected chi connectivity index (χ2v) is 5.98. The van der Waals surface area contributed by atoms with E-state index in [2.05, 4.69) is 20.4 Å². The molecule has 0 atom stereocenters. The molecule has 11 heteroatoms. The van der Waals surface area contributed by atoms with Gasteiger partial charge in [0.1, 0.15) is 0 Å². The Bertz CT molecular complexity index is 1070. The molecule has 1 aromatic carbocycles. The third-order valence-electron chi connectivity index (χ3n) is 3.90. The Hall–Kier alpha value is -3.76. The Morgan fingerprint density at radius 1 is 1.32 bits per heavy atom. The number of benzene rings is 1. The van der Waals surface area contributed by atoms with Crippen molar-refractivity contribution in [3.05, 3.63) is 51.1 Å². The Morgan fingerprint density at radius 2 is 2.07 bits per heavy atom. The molecular formula is C17H19N7O4. The van der Waals surface area contributed by atoms with Crippen molar-refractivity contribution in [3.8, 4) is 17.4 Å². The maximum absolute atomic E-state index is 11.5. The number of aromatic nitrogens is 5. The van der Waals surface area contributed by atoms with Crippen LogP contribution >= 0.6 is 0 Å². The van der Waals surface area contributed by atoms with E-state index < -0.39 is 4.92 Å². The van der Waals surface area contributed by atoms with Crippen molar-refractivity contribution < 1.29 is 14.8 Å². The van der Waals surface area contributed by atoms with Gasteiger partial charge in [0.25, 0.3) is 5.95 Å². The Labute approximate surface area is 160 Å². The first-order valence-electron chi connectivity index (χ1n) is 8.46. The SMILES string of the molecule is CCOc1c(O)ccc(/C=N\n2c(C)nnc2-n2nc(C)cc2C)c1[N+](=O)[O-]. The van der Waals surface area contributed by atoms with Crippen LogP contribution in [0.3, 0.4) is 0 Å². The molecule has 2 aromatic heterocycles. The zero-order valence-corrected chi connectivity index (χ0v) is 15.8. The highest BCUT2D eigenvalue weighted by molar-refractivity contribution is 5.88. The van der Waals surface area contributed by atoms with E-state index >= 15 is 0 Å². The van der Waals surface area contributed by atoms with Crippen LogP contribution in [0.4, 0.5) is 5.69 Å². The molecule has 3 rings (SSSR count). The minimum absolute atomic E-state index is 0.165. The van der Waals surface area contributed by atoms with Crippen LogP contribution in [0.1, 0.15) is 29.7 Å². The lowest BCUT2D eigenvalue weighted by atomic mass is 10.1. The zero-order valence-electron chi connectivity index (χ0n) is 15.8. The summed E-state index contributed by atoms with van der Waals surface area (Å²) in [6.07, 6.45) is 1.30. The monoisotopic (exact) mass is 385 g/mol. The summed E-state index contributed by atoms with van der Waals surface area (Å²) in [5.74, 6) is 0.321. The number of aryl methyl sites for hydroxylation is 3. The fourth-order valence-corrected chi connectivity index (χ4v) is 2.72. The smallest absolute Gasteiger partial charge is 0.323 e. The number of phenolic OH excluding ortho intramolecular Hbond substituents is 1. The van der Waals surface area contributed by atoms with Gasteiger partial charge in [-0.25, -0.2) is 4.68 Å². The Balaban J connectivity index is 2.09. The highest BCUT2D eigenvalue weighted by Crippen LogP contribution is 2.38. The van der Waals surface area contributed by atoms with Crippen molar-refractivity contribution >= 4 is 11.9 Å². The van der Waals surface area contributed by atoms with Gasteiger partial charge in [0.2, 0.25) is 5.75 Å². The molecule has 3 aromatic rings. The van der Waals surface area contributed by atoms with Gasteiger partial charge in [-0.05, 0) is 45.9 Å². The molecule has 28 heavy (non-hydrogen) atoms. The number of ether oxygens (including phenoxy) is 1. The van der Waals surface area contributed by atoms with E-state index in [-0.39, 0.29) is 29.4 Å². The molecule has 1 N–H and O–H groups in total. The van der Waals surface area contributed by atoms with Crippen molar-refractivity contribution in [2.45, 2.75) is 27.7 Å². The molecular weight excluding hydrogens is 366 g/mol. The van der Waals surface area contributed by atoms with Crippen LogP contribution in [-0.2, 0) is 0 Å². The van der Waals surface area contributed by atoms with Crippen LogP contribution in [0, 0.1) is 30.9 Å². The average molecular weight is 385 g/mol. The third kappa shape index (κ3) is 3.41. The van der Waals surface area contributed by atoms with Crippen molar-refractivity contribution in [1.82, 2.24) is 24.7 Å². The minimum Gasteiger partial charge on any atom is -0.504 e. The highest BCUT2D eigenvalue weighted by atomic mass is 16.6. The van der Waals surface area contributed by atoms with Crippen LogP contribution in [0.25, 0.3) is 5.95 Å². The number of nitro groups is 1. The van der Waals surface area contributed by atoms with Crippen LogP contribution in [0.5, 0.6) is 11.5 Å². The predicted octanol–water partition coefficient (Wildman–Crippen LogP) is 2.28. The number of hydrogen-bond acceptors (Lipinski definition) is 8. The van der Waals surface area contributed by atoms with E-state index in [1.165, 1.54) is 23.0 Å². The van der Waals surface area contributed by atoms with Crippen molar-refractivity contribution in [3.63, 3.8) is 0 Å². The standard InChI is InChI=1S/C17H19N7O4/c1-5-28-16-14(25)7-6-13(15(16)24(26)27)9-18-23-12(4)19-20-17(23)22-11(3)8-10(2)21-22/h6-9,25H,5H2,1-4H3/b18-9-. The van der Waals surface area contributed by atoms with Gasteiger partial charge < -0.3 is 9.84 Å². The molecule has 0 aliphatic heterocycles. The van der Waals surface area contributed by atoms with E-state index in [0.29, 0.717) is 11.8 Å². The van der Waals surface area contributed by atoms with E-state index in [0.717, 1.165) is 11.4 Å². The summed E-state index contributed by atoms with van der Waals surface area (Å²) in [7, 11) is 0. The first-order chi connectivity index (χ1) is 13.3. The second-order valence-electron chi connectivity index (χ2n) is 5.98. The lowest BCUT2D eigenvalue weighted by molar-refractivity contribution is -0.386. The molecule has 0 radical (unpaired) electrons. The molecule has 0 aliphatic rings. The van der Waals surface area contributed by atoms with Gasteiger partial charge in [0.15, 0.2) is 11.6 Å². The molecule has 11 nitrogen and oxygen atoms in total. The van der Waals surface area contributed by atoms with Gasteiger partial charge in [-0.3, -0.25) is 10.1 Å². The Kier molecular flexibility index (Phi) is 5.07. The first kappa shape index (κ1) is 19.0. The summed E-state index contributed by atoms with van der Waals surface area (Å²) < 4.78 is 8.26. The van der Waals surface area contributed by atoms with Gasteiger partial charge >= 0.3 is 5.69 Å². The average Bonchev–Trinajstić information content (AvgIpc) is 3.16. The fourth-order valence-electron chi connectivity index (χ4n) is 2.72. The van der Waals surface area contributed by atoms with Gasteiger partial charge in [-0.15, -0.1) is 10.2 Å². The normalized spacial score (nSPS) is 11.3. The van der Waals surface area contributed by atoms with Crippen LogP contribution in [-0.4, -0.2) is 47.5 Å². The summed E-state index contributed by atoms with van der Waals surface area (Å²) in [4.78, 5) is 10.9. The lowest BCUT2D eigenvalue weighted by Gasteiger charge is -2.08. The molecule has 0 fully saturated rings. The van der Waals surface area contributed by atoms with E-state index in [1.54, 1.807) is 18.5 Å². The topological polar surface area (TPSA) is 133 Å². The van der Waals surface area contributed by atoms with Gasteiger partial charge in [0.05, 0.1) is 29.0 Å². The molecule has 146 valence electrons. The van der Waals surface area contributed by atoms with Gasteiger partial charge in [-0.1, -0.05) is 0 Å². The molecule has 2 heterocycles. The summed E-state index contributed by atoms with van der Waals surface area (Å²) >= 11 is 0. The summed E-state index contributed by atoms with van der Waals surface area (Å²) in [5.41, 5.74) is 1.45. The number of rotatable bonds is 6. The van der Waals surface area contributed by atoms with Crippen LogP contribution < -0.4 is 4.74 Å². The number of nitro benzene ring substituents is 1.